The van der Waals surface area contributed by atoms with Crippen LogP contribution in [0.1, 0.15) is 16.7 Å². The van der Waals surface area contributed by atoms with Crippen molar-refractivity contribution in [2.75, 3.05) is 0 Å². The van der Waals surface area contributed by atoms with Crippen LogP contribution in [0.4, 0.5) is 0 Å². The maximum absolute atomic E-state index is 3.74. The molecule has 0 nitrogen and oxygen atoms in total. The van der Waals surface area contributed by atoms with Crippen LogP contribution in [-0.2, 0) is 6.42 Å². The van der Waals surface area contributed by atoms with Gasteiger partial charge in [-0.2, -0.15) is 0 Å². The molecule has 0 saturated carbocycles. The molecule has 0 fully saturated rings. The van der Waals surface area contributed by atoms with E-state index >= 15 is 0 Å². The lowest BCUT2D eigenvalue weighted by molar-refractivity contribution is 1.31. The van der Waals surface area contributed by atoms with E-state index in [1.54, 1.807) is 0 Å². The lowest BCUT2D eigenvalue weighted by atomic mass is 10.1. The quantitative estimate of drug-likeness (QED) is 0.565. The summed E-state index contributed by atoms with van der Waals surface area (Å²) in [5.41, 5.74) is 3.99. The molecule has 0 aromatic heterocycles. The zero-order valence-electron chi connectivity index (χ0n) is 6.38. The van der Waals surface area contributed by atoms with Crippen molar-refractivity contribution in [1.29, 1.82) is 0 Å². The molecular weight excluding hydrogens is 132 g/mol. The Morgan fingerprint density at radius 3 is 3.09 bits per heavy atom. The minimum Gasteiger partial charge on any atom is -0.0985 e. The number of rotatable bonds is 1. The van der Waals surface area contributed by atoms with Crippen LogP contribution in [0.15, 0.2) is 30.9 Å². The van der Waals surface area contributed by atoms with Crippen LogP contribution >= 0.6 is 0 Å². The van der Waals surface area contributed by atoms with Gasteiger partial charge in [0.1, 0.15) is 0 Å². The van der Waals surface area contributed by atoms with Gasteiger partial charge in [0.05, 0.1) is 0 Å². The van der Waals surface area contributed by atoms with Gasteiger partial charge in [-0.25, -0.2) is 0 Å². The van der Waals surface area contributed by atoms with Gasteiger partial charge in [0.15, 0.2) is 0 Å². The smallest absolute Gasteiger partial charge is 0.00880 e. The number of fused-ring (bicyclic) bond motifs is 1. The largest absolute Gasteiger partial charge is 0.0985 e. The molecule has 0 bridgehead atoms. The third-order valence-electron chi connectivity index (χ3n) is 2.04. The number of hydrogen-bond acceptors (Lipinski definition) is 0. The topological polar surface area (TPSA) is 0 Å². The summed E-state index contributed by atoms with van der Waals surface area (Å²) in [7, 11) is 0. The van der Waals surface area contributed by atoms with Gasteiger partial charge < -0.3 is 0 Å². The summed E-state index contributed by atoms with van der Waals surface area (Å²) in [6.45, 7) is 3.74. The Balaban J connectivity index is 2.53. The molecule has 54 valence electrons. The lowest BCUT2D eigenvalue weighted by Crippen LogP contribution is -1.81. The van der Waals surface area contributed by atoms with Crippen LogP contribution in [0.5, 0.6) is 0 Å². The summed E-state index contributed by atoms with van der Waals surface area (Å²) in [4.78, 5) is 0. The van der Waals surface area contributed by atoms with Gasteiger partial charge in [-0.3, -0.25) is 0 Å². The van der Waals surface area contributed by atoms with E-state index in [2.05, 4.69) is 36.9 Å². The Hall–Kier alpha value is -1.30. The Morgan fingerprint density at radius 2 is 2.27 bits per heavy atom. The molecule has 0 N–H and O–H groups in total. The van der Waals surface area contributed by atoms with E-state index in [1.165, 1.54) is 16.7 Å². The molecule has 0 heteroatoms. The minimum atomic E-state index is 1.08. The second-order valence-electron chi connectivity index (χ2n) is 2.77. The average Bonchev–Trinajstić information content (AvgIpc) is 2.50. The molecule has 0 spiro atoms. The van der Waals surface area contributed by atoms with Gasteiger partial charge in [-0.15, -0.1) is 0 Å². The summed E-state index contributed by atoms with van der Waals surface area (Å²) in [6.07, 6.45) is 7.33. The number of benzene rings is 1. The zero-order valence-corrected chi connectivity index (χ0v) is 6.38. The second kappa shape index (κ2) is 2.39. The third-order valence-corrected chi connectivity index (χ3v) is 2.04. The molecule has 0 atom stereocenters. The van der Waals surface area contributed by atoms with E-state index in [0.717, 1.165) is 6.42 Å². The summed E-state index contributed by atoms with van der Waals surface area (Å²) in [6, 6.07) is 6.44. The molecule has 0 saturated heterocycles. The van der Waals surface area contributed by atoms with Gasteiger partial charge in [0, 0.05) is 0 Å². The standard InChI is InChI=1S/C11H10/c1-2-9-6-7-10-4-3-5-11(10)8-9/h2-4,6-8H,1,5H2. The van der Waals surface area contributed by atoms with Gasteiger partial charge in [-0.05, 0) is 23.1 Å². The van der Waals surface area contributed by atoms with Crippen LogP contribution in [0.2, 0.25) is 0 Å². The highest BCUT2D eigenvalue weighted by molar-refractivity contribution is 5.63. The monoisotopic (exact) mass is 142 g/mol. The Kier molecular flexibility index (Phi) is 1.39. The maximum atomic E-state index is 3.74. The van der Waals surface area contributed by atoms with Gasteiger partial charge >= 0.3 is 0 Å². The molecule has 0 unspecified atom stereocenters. The fourth-order valence-corrected chi connectivity index (χ4v) is 1.40. The summed E-state index contributed by atoms with van der Waals surface area (Å²) in [5, 5.41) is 0. The predicted octanol–water partition coefficient (Wildman–Crippen LogP) is 2.90. The van der Waals surface area contributed by atoms with Crippen molar-refractivity contribution < 1.29 is 0 Å². The second-order valence-corrected chi connectivity index (χ2v) is 2.77. The highest BCUT2D eigenvalue weighted by Gasteiger charge is 2.03. The molecule has 1 aliphatic rings. The van der Waals surface area contributed by atoms with E-state index in [0.29, 0.717) is 0 Å². The van der Waals surface area contributed by atoms with E-state index in [1.807, 2.05) is 6.08 Å². The summed E-state index contributed by atoms with van der Waals surface area (Å²) in [5.74, 6) is 0. The molecule has 0 amide bonds. The molecule has 0 radical (unpaired) electrons. The fourth-order valence-electron chi connectivity index (χ4n) is 1.40. The van der Waals surface area contributed by atoms with Crippen LogP contribution < -0.4 is 0 Å². The molecular formula is C11H10. The molecule has 0 aliphatic heterocycles. The summed E-state index contributed by atoms with van der Waals surface area (Å²) < 4.78 is 0. The molecule has 2 rings (SSSR count). The molecule has 1 aliphatic carbocycles. The SMILES string of the molecule is C=Cc1ccc2c(c1)CC=C2. The highest BCUT2D eigenvalue weighted by atomic mass is 14.1. The Bertz CT molecular complexity index is 319. The first-order valence-corrected chi connectivity index (χ1v) is 3.82. The van der Waals surface area contributed by atoms with Crippen LogP contribution in [-0.4, -0.2) is 0 Å². The van der Waals surface area contributed by atoms with Gasteiger partial charge in [0.25, 0.3) is 0 Å². The van der Waals surface area contributed by atoms with E-state index in [4.69, 9.17) is 0 Å². The van der Waals surface area contributed by atoms with Crippen LogP contribution in [0.3, 0.4) is 0 Å². The predicted molar refractivity (Wildman–Crippen MR) is 49.3 cm³/mol. The Labute approximate surface area is 66.9 Å². The zero-order chi connectivity index (χ0) is 7.68. The molecule has 1 aromatic rings. The van der Waals surface area contributed by atoms with Gasteiger partial charge in [-0.1, -0.05) is 43.0 Å². The van der Waals surface area contributed by atoms with Crippen molar-refractivity contribution in [2.24, 2.45) is 0 Å². The Morgan fingerprint density at radius 1 is 1.36 bits per heavy atom. The van der Waals surface area contributed by atoms with Crippen molar-refractivity contribution in [3.8, 4) is 0 Å². The van der Waals surface area contributed by atoms with Crippen LogP contribution in [0, 0.1) is 0 Å². The number of hydrogen-bond donors (Lipinski definition) is 0. The first kappa shape index (κ1) is 6.41. The first-order valence-electron chi connectivity index (χ1n) is 3.82. The molecule has 0 heterocycles. The van der Waals surface area contributed by atoms with Crippen molar-refractivity contribution >= 4 is 12.2 Å². The minimum absolute atomic E-state index is 1.08. The maximum Gasteiger partial charge on any atom is -0.00880 e. The molecule has 11 heavy (non-hydrogen) atoms. The fraction of sp³-hybridized carbons (Fsp3) is 0.0909. The van der Waals surface area contributed by atoms with E-state index < -0.39 is 0 Å². The average molecular weight is 142 g/mol. The van der Waals surface area contributed by atoms with Crippen LogP contribution in [0.25, 0.3) is 12.2 Å². The highest BCUT2D eigenvalue weighted by Crippen LogP contribution is 2.20. The van der Waals surface area contributed by atoms with E-state index in [-0.39, 0.29) is 0 Å². The number of allylic oxidation sites excluding steroid dienone is 1. The van der Waals surface area contributed by atoms with E-state index in [9.17, 15) is 0 Å². The lowest BCUT2D eigenvalue weighted by Gasteiger charge is -1.98. The van der Waals surface area contributed by atoms with Gasteiger partial charge in [0.2, 0.25) is 0 Å². The normalized spacial score (nSPS) is 13.1. The molecule has 1 aromatic carbocycles. The van der Waals surface area contributed by atoms with Crippen molar-refractivity contribution in [3.05, 3.63) is 47.5 Å². The third kappa shape index (κ3) is 1.01. The summed E-state index contributed by atoms with van der Waals surface area (Å²) >= 11 is 0. The van der Waals surface area contributed by atoms with Crippen molar-refractivity contribution in [1.82, 2.24) is 0 Å². The van der Waals surface area contributed by atoms with Crippen molar-refractivity contribution in [3.63, 3.8) is 0 Å². The first-order chi connectivity index (χ1) is 5.40. The van der Waals surface area contributed by atoms with Crippen molar-refractivity contribution in [2.45, 2.75) is 6.42 Å².